The number of H-pyrrole nitrogens is 1. The lowest BCUT2D eigenvalue weighted by molar-refractivity contribution is -0.105. The van der Waals surface area contributed by atoms with Crippen molar-refractivity contribution in [2.45, 2.75) is 5.75 Å². The molecular weight excluding hydrogens is 240 g/mol. The summed E-state index contributed by atoms with van der Waals surface area (Å²) in [5.41, 5.74) is -1.24. The molecular formula is C7H8N2O6S. The quantitative estimate of drug-likeness (QED) is 0.400. The lowest BCUT2D eigenvalue weighted by Gasteiger charge is -2.07. The van der Waals surface area contributed by atoms with E-state index in [1.54, 1.807) is 0 Å². The second-order valence-corrected chi connectivity index (χ2v) is 4.32. The van der Waals surface area contributed by atoms with Crippen LogP contribution in [0.2, 0.25) is 0 Å². The second kappa shape index (κ2) is 4.33. The van der Waals surface area contributed by atoms with Crippen LogP contribution in [0.1, 0.15) is 5.56 Å². The number of aromatic amines is 1. The van der Waals surface area contributed by atoms with Crippen LogP contribution >= 0.6 is 0 Å². The van der Waals surface area contributed by atoms with Crippen LogP contribution in [0.25, 0.3) is 0 Å². The van der Waals surface area contributed by atoms with E-state index in [0.29, 0.717) is 0 Å². The van der Waals surface area contributed by atoms with Crippen LogP contribution in [0.4, 0.5) is 5.69 Å². The van der Waals surface area contributed by atoms with E-state index in [0.717, 1.165) is 6.07 Å². The maximum atomic E-state index is 10.9. The largest absolute Gasteiger partial charge is 0.493 e. The predicted molar refractivity (Wildman–Crippen MR) is 53.7 cm³/mol. The Bertz CT molecular complexity index is 561. The average Bonchev–Trinajstić information content (AvgIpc) is 2.08. The Morgan fingerprint density at radius 3 is 2.62 bits per heavy atom. The minimum absolute atomic E-state index is 0.195. The first kappa shape index (κ1) is 12.2. The molecule has 9 heteroatoms. The van der Waals surface area contributed by atoms with Gasteiger partial charge in [-0.25, -0.2) is 0 Å². The molecule has 1 rings (SSSR count). The lowest BCUT2D eigenvalue weighted by Crippen LogP contribution is -2.13. The molecule has 0 atom stereocenters. The summed E-state index contributed by atoms with van der Waals surface area (Å²) in [5.74, 6) is -1.57. The molecule has 0 aromatic carbocycles. The Morgan fingerprint density at radius 2 is 2.12 bits per heavy atom. The number of amides is 1. The number of rotatable bonds is 4. The molecule has 8 nitrogen and oxygen atoms in total. The van der Waals surface area contributed by atoms with Crippen molar-refractivity contribution >= 4 is 22.2 Å². The summed E-state index contributed by atoms with van der Waals surface area (Å²) in [6.07, 6.45) is 0.195. The fraction of sp³-hybridized carbons (Fsp3) is 0.143. The van der Waals surface area contributed by atoms with Gasteiger partial charge in [0, 0.05) is 11.6 Å². The molecule has 0 spiro atoms. The average molecular weight is 248 g/mol. The summed E-state index contributed by atoms with van der Waals surface area (Å²) in [7, 11) is -4.37. The summed E-state index contributed by atoms with van der Waals surface area (Å²) in [5, 5.41) is 11.3. The number of carbonyl (C=O) groups is 1. The maximum Gasteiger partial charge on any atom is 0.269 e. The zero-order valence-corrected chi connectivity index (χ0v) is 8.61. The monoisotopic (exact) mass is 248 g/mol. The fourth-order valence-corrected chi connectivity index (χ4v) is 1.75. The van der Waals surface area contributed by atoms with Gasteiger partial charge < -0.3 is 10.4 Å². The van der Waals surface area contributed by atoms with Gasteiger partial charge in [-0.3, -0.25) is 19.1 Å². The highest BCUT2D eigenvalue weighted by atomic mass is 32.2. The molecule has 1 aromatic heterocycles. The van der Waals surface area contributed by atoms with Crippen molar-refractivity contribution in [1.82, 2.24) is 4.98 Å². The molecule has 0 aliphatic rings. The zero-order chi connectivity index (χ0) is 12.3. The number of carbonyl (C=O) groups excluding carboxylic acids is 1. The first-order valence-corrected chi connectivity index (χ1v) is 5.55. The van der Waals surface area contributed by atoms with Crippen LogP contribution in [-0.2, 0) is 20.7 Å². The highest BCUT2D eigenvalue weighted by molar-refractivity contribution is 7.85. The summed E-state index contributed by atoms with van der Waals surface area (Å²) in [6, 6.07) is 0.847. The molecule has 16 heavy (non-hydrogen) atoms. The Balaban J connectivity index is 3.34. The van der Waals surface area contributed by atoms with Crippen LogP contribution in [0.15, 0.2) is 10.9 Å². The second-order valence-electron chi connectivity index (χ2n) is 2.87. The molecule has 0 saturated carbocycles. The van der Waals surface area contributed by atoms with E-state index >= 15 is 0 Å². The Labute approximate surface area is 89.7 Å². The maximum absolute atomic E-state index is 10.9. The number of nitrogens with one attached hydrogen (secondary N) is 2. The third-order valence-corrected chi connectivity index (χ3v) is 2.32. The molecule has 88 valence electrons. The molecule has 1 aromatic rings. The van der Waals surface area contributed by atoms with Gasteiger partial charge in [-0.05, 0) is 0 Å². The van der Waals surface area contributed by atoms with E-state index < -0.39 is 27.3 Å². The van der Waals surface area contributed by atoms with Gasteiger partial charge in [0.1, 0.15) is 11.4 Å². The van der Waals surface area contributed by atoms with Crippen molar-refractivity contribution in [3.8, 4) is 5.88 Å². The van der Waals surface area contributed by atoms with Gasteiger partial charge in [0.15, 0.2) is 0 Å². The van der Waals surface area contributed by atoms with Crippen LogP contribution < -0.4 is 10.9 Å². The van der Waals surface area contributed by atoms with Crippen LogP contribution in [0.5, 0.6) is 5.88 Å². The van der Waals surface area contributed by atoms with Crippen molar-refractivity contribution in [3.05, 3.63) is 22.0 Å². The van der Waals surface area contributed by atoms with E-state index in [-0.39, 0.29) is 17.7 Å². The van der Waals surface area contributed by atoms with E-state index in [2.05, 4.69) is 0 Å². The SMILES string of the molecule is O=CNc1c(CS(=O)(=O)O)cc(=O)[nH]c1O. The van der Waals surface area contributed by atoms with Gasteiger partial charge >= 0.3 is 0 Å². The van der Waals surface area contributed by atoms with Gasteiger partial charge in [-0.2, -0.15) is 8.42 Å². The molecule has 0 unspecified atom stereocenters. The van der Waals surface area contributed by atoms with Crippen LogP contribution in [0.3, 0.4) is 0 Å². The summed E-state index contributed by atoms with van der Waals surface area (Å²) >= 11 is 0. The van der Waals surface area contributed by atoms with Gasteiger partial charge in [0.2, 0.25) is 12.3 Å². The zero-order valence-electron chi connectivity index (χ0n) is 7.80. The number of aromatic hydroxyl groups is 1. The molecule has 0 bridgehead atoms. The Hall–Kier alpha value is -1.87. The van der Waals surface area contributed by atoms with Crippen LogP contribution in [0, 0.1) is 0 Å². The molecule has 0 aliphatic heterocycles. The summed E-state index contributed by atoms with van der Waals surface area (Å²) in [6.45, 7) is 0. The highest BCUT2D eigenvalue weighted by Crippen LogP contribution is 2.23. The van der Waals surface area contributed by atoms with E-state index in [1.165, 1.54) is 0 Å². The molecule has 1 heterocycles. The normalized spacial score (nSPS) is 11.1. The van der Waals surface area contributed by atoms with Crippen molar-refractivity contribution in [1.29, 1.82) is 0 Å². The molecule has 4 N–H and O–H groups in total. The van der Waals surface area contributed by atoms with Crippen molar-refractivity contribution in [3.63, 3.8) is 0 Å². The highest BCUT2D eigenvalue weighted by Gasteiger charge is 2.15. The van der Waals surface area contributed by atoms with E-state index in [4.69, 9.17) is 4.55 Å². The minimum atomic E-state index is -4.37. The number of aromatic nitrogens is 1. The van der Waals surface area contributed by atoms with Crippen LogP contribution in [-0.4, -0.2) is 29.5 Å². The third-order valence-electron chi connectivity index (χ3n) is 1.65. The Kier molecular flexibility index (Phi) is 3.30. The number of anilines is 1. The number of hydrogen-bond donors (Lipinski definition) is 4. The Morgan fingerprint density at radius 1 is 1.50 bits per heavy atom. The van der Waals surface area contributed by atoms with Crippen molar-refractivity contribution in [2.75, 3.05) is 5.32 Å². The predicted octanol–water partition coefficient (Wildman–Crippen LogP) is -0.963. The van der Waals surface area contributed by atoms with Crippen molar-refractivity contribution < 1.29 is 22.9 Å². The lowest BCUT2D eigenvalue weighted by atomic mass is 10.2. The smallest absolute Gasteiger partial charge is 0.269 e. The van der Waals surface area contributed by atoms with Crippen molar-refractivity contribution in [2.24, 2.45) is 0 Å². The van der Waals surface area contributed by atoms with Gasteiger partial charge in [-0.15, -0.1) is 0 Å². The third kappa shape index (κ3) is 3.07. The first-order chi connectivity index (χ1) is 7.33. The minimum Gasteiger partial charge on any atom is -0.493 e. The fourth-order valence-electron chi connectivity index (χ4n) is 1.13. The number of hydrogen-bond acceptors (Lipinski definition) is 5. The van der Waals surface area contributed by atoms with E-state index in [1.807, 2.05) is 10.3 Å². The first-order valence-electron chi connectivity index (χ1n) is 3.94. The van der Waals surface area contributed by atoms with E-state index in [9.17, 15) is 23.1 Å². The van der Waals surface area contributed by atoms with Gasteiger partial charge in [0.05, 0.1) is 0 Å². The molecule has 0 saturated heterocycles. The molecule has 0 aliphatic carbocycles. The molecule has 0 fully saturated rings. The van der Waals surface area contributed by atoms with Gasteiger partial charge in [-0.1, -0.05) is 0 Å². The number of pyridine rings is 1. The summed E-state index contributed by atoms with van der Waals surface area (Å²) < 4.78 is 29.9. The van der Waals surface area contributed by atoms with Gasteiger partial charge in [0.25, 0.3) is 15.7 Å². The topological polar surface area (TPSA) is 137 Å². The standard InChI is InChI=1S/C7H8N2O6S/c10-3-8-6-4(2-16(13,14)15)1-5(11)9-7(6)12/h1,3H,2H2,(H,8,10)(H2,9,11,12)(H,13,14,15). The summed E-state index contributed by atoms with van der Waals surface area (Å²) in [4.78, 5) is 23.1. The molecule has 0 radical (unpaired) electrons. The molecule has 1 amide bonds.